The molecule has 1 aromatic carbocycles. The average molecular weight is 390 g/mol. The SMILES string of the molecule is CN1CCC(n2ncc3c2NC(=O)CC3c2cn(C)nc2-c2ccccc2)CC1. The Morgan fingerprint density at radius 1 is 1.07 bits per heavy atom. The van der Waals surface area contributed by atoms with E-state index in [0.717, 1.165) is 54.1 Å². The Morgan fingerprint density at radius 3 is 2.59 bits per heavy atom. The van der Waals surface area contributed by atoms with E-state index in [1.54, 1.807) is 0 Å². The summed E-state index contributed by atoms with van der Waals surface area (Å²) in [6.45, 7) is 2.11. The molecule has 0 radical (unpaired) electrons. The first-order valence-electron chi connectivity index (χ1n) is 10.2. The van der Waals surface area contributed by atoms with E-state index < -0.39 is 0 Å². The van der Waals surface area contributed by atoms with Crippen LogP contribution in [0.25, 0.3) is 11.3 Å². The normalized spacial score (nSPS) is 20.5. The molecular formula is C22H26N6O. The lowest BCUT2D eigenvalue weighted by Crippen LogP contribution is -2.33. The molecule has 0 aliphatic carbocycles. The van der Waals surface area contributed by atoms with Crippen LogP contribution in [-0.4, -0.2) is 50.5 Å². The van der Waals surface area contributed by atoms with E-state index in [0.29, 0.717) is 12.5 Å². The molecule has 2 aliphatic heterocycles. The Labute approximate surface area is 170 Å². The highest BCUT2D eigenvalue weighted by Crippen LogP contribution is 2.42. The molecule has 1 unspecified atom stereocenters. The molecule has 0 saturated carbocycles. The zero-order valence-electron chi connectivity index (χ0n) is 16.9. The third kappa shape index (κ3) is 3.25. The van der Waals surface area contributed by atoms with Crippen LogP contribution in [0.5, 0.6) is 0 Å². The molecule has 4 heterocycles. The number of carbonyl (C=O) groups excluding carboxylic acids is 1. The average Bonchev–Trinajstić information content (AvgIpc) is 3.32. The van der Waals surface area contributed by atoms with Crippen LogP contribution in [0.15, 0.2) is 42.7 Å². The Bertz CT molecular complexity index is 1030. The largest absolute Gasteiger partial charge is 0.311 e. The molecule has 1 atom stereocenters. The number of amides is 1. The smallest absolute Gasteiger partial charge is 0.226 e. The van der Waals surface area contributed by atoms with Gasteiger partial charge in [0.05, 0.1) is 17.9 Å². The first kappa shape index (κ1) is 18.1. The van der Waals surface area contributed by atoms with E-state index in [1.807, 2.05) is 47.0 Å². The summed E-state index contributed by atoms with van der Waals surface area (Å²) in [6.07, 6.45) is 6.50. The summed E-state index contributed by atoms with van der Waals surface area (Å²) in [4.78, 5) is 15.0. The lowest BCUT2D eigenvalue weighted by atomic mass is 9.86. The minimum Gasteiger partial charge on any atom is -0.311 e. The minimum atomic E-state index is -0.0392. The van der Waals surface area contributed by atoms with Crippen molar-refractivity contribution in [2.24, 2.45) is 7.05 Å². The van der Waals surface area contributed by atoms with Crippen molar-refractivity contribution in [2.75, 3.05) is 25.5 Å². The van der Waals surface area contributed by atoms with Crippen LogP contribution >= 0.6 is 0 Å². The molecule has 1 amide bonds. The van der Waals surface area contributed by atoms with Crippen molar-refractivity contribution in [3.05, 3.63) is 53.9 Å². The van der Waals surface area contributed by atoms with Gasteiger partial charge in [-0.05, 0) is 33.0 Å². The molecule has 150 valence electrons. The number of nitrogens with zero attached hydrogens (tertiary/aromatic N) is 5. The number of aromatic nitrogens is 4. The number of rotatable bonds is 3. The molecule has 3 aromatic rings. The van der Waals surface area contributed by atoms with Gasteiger partial charge < -0.3 is 10.2 Å². The van der Waals surface area contributed by atoms with Crippen molar-refractivity contribution < 1.29 is 4.79 Å². The van der Waals surface area contributed by atoms with Crippen LogP contribution in [0.2, 0.25) is 0 Å². The first-order chi connectivity index (χ1) is 14.1. The quantitative estimate of drug-likeness (QED) is 0.746. The molecule has 7 heteroatoms. The topological polar surface area (TPSA) is 68.0 Å². The van der Waals surface area contributed by atoms with Gasteiger partial charge in [-0.3, -0.25) is 9.48 Å². The van der Waals surface area contributed by atoms with E-state index in [2.05, 4.69) is 29.4 Å². The molecule has 29 heavy (non-hydrogen) atoms. The monoisotopic (exact) mass is 390 g/mol. The molecule has 7 nitrogen and oxygen atoms in total. The summed E-state index contributed by atoms with van der Waals surface area (Å²) in [7, 11) is 4.09. The Morgan fingerprint density at radius 2 is 1.83 bits per heavy atom. The van der Waals surface area contributed by atoms with Crippen LogP contribution in [0.3, 0.4) is 0 Å². The van der Waals surface area contributed by atoms with Crippen molar-refractivity contribution in [3.8, 4) is 11.3 Å². The van der Waals surface area contributed by atoms with E-state index in [1.165, 1.54) is 0 Å². The number of nitrogens with one attached hydrogen (secondary N) is 1. The van der Waals surface area contributed by atoms with Crippen molar-refractivity contribution in [2.45, 2.75) is 31.2 Å². The third-order valence-corrected chi connectivity index (χ3v) is 6.16. The fraction of sp³-hybridized carbons (Fsp3) is 0.409. The van der Waals surface area contributed by atoms with Crippen molar-refractivity contribution >= 4 is 11.7 Å². The van der Waals surface area contributed by atoms with Gasteiger partial charge in [0.2, 0.25) is 5.91 Å². The molecule has 1 N–H and O–H groups in total. The Hall–Kier alpha value is -2.93. The Balaban J connectivity index is 1.56. The summed E-state index contributed by atoms with van der Waals surface area (Å²) >= 11 is 0. The maximum absolute atomic E-state index is 12.7. The van der Waals surface area contributed by atoms with Gasteiger partial charge in [0, 0.05) is 42.3 Å². The van der Waals surface area contributed by atoms with E-state index >= 15 is 0 Å². The number of aryl methyl sites for hydroxylation is 1. The van der Waals surface area contributed by atoms with E-state index in [4.69, 9.17) is 10.2 Å². The highest BCUT2D eigenvalue weighted by Gasteiger charge is 2.34. The van der Waals surface area contributed by atoms with Gasteiger partial charge in [0.15, 0.2) is 0 Å². The van der Waals surface area contributed by atoms with Gasteiger partial charge in [0.1, 0.15) is 5.82 Å². The van der Waals surface area contributed by atoms with Gasteiger partial charge in [0.25, 0.3) is 0 Å². The van der Waals surface area contributed by atoms with E-state index in [9.17, 15) is 4.79 Å². The molecule has 0 spiro atoms. The fourth-order valence-electron chi connectivity index (χ4n) is 4.61. The zero-order valence-corrected chi connectivity index (χ0v) is 16.9. The summed E-state index contributed by atoms with van der Waals surface area (Å²) in [6, 6.07) is 10.5. The molecule has 1 fully saturated rings. The number of piperidine rings is 1. The number of hydrogen-bond donors (Lipinski definition) is 1. The number of anilines is 1. The van der Waals surface area contributed by atoms with Crippen molar-refractivity contribution in [1.82, 2.24) is 24.5 Å². The standard InChI is InChI=1S/C22H26N6O/c1-26-10-8-16(9-11-26)28-22-18(13-23-28)17(12-20(29)24-22)19-14-27(2)25-21(19)15-6-4-3-5-7-15/h3-7,13-14,16-17H,8-12H2,1-2H3,(H,24,29). The maximum atomic E-state index is 12.7. The lowest BCUT2D eigenvalue weighted by molar-refractivity contribution is -0.116. The van der Waals surface area contributed by atoms with Gasteiger partial charge in [-0.1, -0.05) is 30.3 Å². The molecule has 2 aliphatic rings. The number of fused-ring (bicyclic) bond motifs is 1. The Kier molecular flexibility index (Phi) is 4.47. The number of hydrogen-bond acceptors (Lipinski definition) is 4. The van der Waals surface area contributed by atoms with Gasteiger partial charge in [-0.25, -0.2) is 4.68 Å². The van der Waals surface area contributed by atoms with Crippen LogP contribution in [-0.2, 0) is 11.8 Å². The zero-order chi connectivity index (χ0) is 20.0. The van der Waals surface area contributed by atoms with Gasteiger partial charge >= 0.3 is 0 Å². The summed E-state index contributed by atoms with van der Waals surface area (Å²) in [5.74, 6) is 0.867. The van der Waals surface area contributed by atoms with Gasteiger partial charge in [-0.2, -0.15) is 10.2 Å². The number of likely N-dealkylation sites (tertiary alicyclic amines) is 1. The molecule has 0 bridgehead atoms. The number of carbonyl (C=O) groups is 1. The maximum Gasteiger partial charge on any atom is 0.226 e. The summed E-state index contributed by atoms with van der Waals surface area (Å²) in [5.41, 5.74) is 4.18. The predicted octanol–water partition coefficient (Wildman–Crippen LogP) is 3.02. The second-order valence-corrected chi connectivity index (χ2v) is 8.21. The second-order valence-electron chi connectivity index (χ2n) is 8.21. The third-order valence-electron chi connectivity index (χ3n) is 6.16. The van der Waals surface area contributed by atoms with Crippen LogP contribution in [0.1, 0.15) is 42.3 Å². The summed E-state index contributed by atoms with van der Waals surface area (Å²) < 4.78 is 3.89. The van der Waals surface area contributed by atoms with Gasteiger partial charge in [-0.15, -0.1) is 0 Å². The van der Waals surface area contributed by atoms with Crippen molar-refractivity contribution in [3.63, 3.8) is 0 Å². The van der Waals surface area contributed by atoms with Crippen LogP contribution in [0.4, 0.5) is 5.82 Å². The minimum absolute atomic E-state index is 0.0392. The highest BCUT2D eigenvalue weighted by atomic mass is 16.1. The molecule has 2 aromatic heterocycles. The summed E-state index contributed by atoms with van der Waals surface area (Å²) in [5, 5.41) is 12.5. The van der Waals surface area contributed by atoms with Crippen LogP contribution < -0.4 is 5.32 Å². The van der Waals surface area contributed by atoms with Crippen molar-refractivity contribution in [1.29, 1.82) is 0 Å². The molecule has 1 saturated heterocycles. The van der Waals surface area contributed by atoms with Crippen LogP contribution in [0, 0.1) is 0 Å². The highest BCUT2D eigenvalue weighted by molar-refractivity contribution is 5.94. The predicted molar refractivity (Wildman–Crippen MR) is 112 cm³/mol. The van der Waals surface area contributed by atoms with E-state index in [-0.39, 0.29) is 11.8 Å². The number of benzene rings is 1. The molecular weight excluding hydrogens is 364 g/mol. The first-order valence-corrected chi connectivity index (χ1v) is 10.2. The second kappa shape index (κ2) is 7.15. The fourth-order valence-corrected chi connectivity index (χ4v) is 4.61. The lowest BCUT2D eigenvalue weighted by Gasteiger charge is -2.31. The molecule has 5 rings (SSSR count).